The molecule has 0 saturated carbocycles. The van der Waals surface area contributed by atoms with Gasteiger partial charge in [-0.2, -0.15) is 14.5 Å². The number of nitrogens with zero attached hydrogens (tertiary/aromatic N) is 6. The van der Waals surface area contributed by atoms with E-state index in [1.54, 1.807) is 7.05 Å². The summed E-state index contributed by atoms with van der Waals surface area (Å²) in [5, 5.41) is 16.9. The molecule has 1 aliphatic rings. The Kier molecular flexibility index (Phi) is 4.54. The van der Waals surface area contributed by atoms with E-state index in [0.29, 0.717) is 0 Å². The molecule has 1 amide bonds. The first-order chi connectivity index (χ1) is 12.2. The van der Waals surface area contributed by atoms with Crippen LogP contribution in [0.15, 0.2) is 23.5 Å². The molecule has 0 bridgehead atoms. The van der Waals surface area contributed by atoms with Gasteiger partial charge in [0.2, 0.25) is 10.0 Å². The number of hydrogen-bond acceptors (Lipinski definition) is 6. The van der Waals surface area contributed by atoms with E-state index in [4.69, 9.17) is 0 Å². The molecule has 26 heavy (non-hydrogen) atoms. The summed E-state index contributed by atoms with van der Waals surface area (Å²) in [5.41, 5.74) is -0.205. The van der Waals surface area contributed by atoms with Crippen molar-refractivity contribution in [2.24, 2.45) is 14.1 Å². The number of aromatic nitrogens is 4. The molecule has 1 aliphatic heterocycles. The van der Waals surface area contributed by atoms with Gasteiger partial charge in [-0.15, -0.1) is 0 Å². The van der Waals surface area contributed by atoms with Gasteiger partial charge in [0, 0.05) is 46.5 Å². The van der Waals surface area contributed by atoms with Crippen molar-refractivity contribution in [1.82, 2.24) is 28.8 Å². The fraction of sp³-hybridized carbons (Fsp3) is 0.429. The summed E-state index contributed by atoms with van der Waals surface area (Å²) in [7, 11) is -0.556. The summed E-state index contributed by atoms with van der Waals surface area (Å²) in [6.07, 6.45) is 3.82. The number of amides is 1. The van der Waals surface area contributed by atoms with Crippen LogP contribution in [0.25, 0.3) is 0 Å². The Hall–Kier alpha value is -2.73. The van der Waals surface area contributed by atoms with Crippen molar-refractivity contribution in [2.45, 2.75) is 4.90 Å². The van der Waals surface area contributed by atoms with Crippen LogP contribution in [-0.4, -0.2) is 80.3 Å². The highest BCUT2D eigenvalue weighted by Crippen LogP contribution is 2.18. The van der Waals surface area contributed by atoms with Crippen LogP contribution in [0.2, 0.25) is 0 Å². The summed E-state index contributed by atoms with van der Waals surface area (Å²) in [6.45, 7) is 0.539. The molecule has 0 spiro atoms. The van der Waals surface area contributed by atoms with Gasteiger partial charge < -0.3 is 10.0 Å². The Morgan fingerprint density at radius 3 is 2.27 bits per heavy atom. The number of hydrogen-bond donors (Lipinski definition) is 1. The van der Waals surface area contributed by atoms with Crippen molar-refractivity contribution in [3.8, 4) is 0 Å². The fourth-order valence-electron chi connectivity index (χ4n) is 2.81. The van der Waals surface area contributed by atoms with Gasteiger partial charge in [-0.05, 0) is 0 Å². The van der Waals surface area contributed by atoms with Crippen LogP contribution in [0.4, 0.5) is 0 Å². The molecule has 3 heterocycles. The number of piperazine rings is 1. The van der Waals surface area contributed by atoms with Crippen LogP contribution in [0.1, 0.15) is 20.8 Å². The molecular formula is C14H18N6O5S. The Morgan fingerprint density at radius 2 is 1.73 bits per heavy atom. The molecule has 0 atom stereocenters. The maximum atomic E-state index is 12.7. The van der Waals surface area contributed by atoms with Crippen molar-refractivity contribution < 1.29 is 23.1 Å². The Bertz CT molecular complexity index is 954. The number of rotatable bonds is 4. The van der Waals surface area contributed by atoms with Crippen LogP contribution < -0.4 is 0 Å². The SMILES string of the molecule is Cn1cc(S(=O)(=O)N2CCN(C(=O)c3c(C(=O)O)cnn3C)CC2)cn1. The molecule has 3 rings (SSSR count). The number of sulfonamides is 1. The second-order valence-corrected chi connectivity index (χ2v) is 7.82. The summed E-state index contributed by atoms with van der Waals surface area (Å²) < 4.78 is 29.1. The molecule has 0 radical (unpaired) electrons. The smallest absolute Gasteiger partial charge is 0.339 e. The van der Waals surface area contributed by atoms with E-state index in [-0.39, 0.29) is 42.3 Å². The highest BCUT2D eigenvalue weighted by molar-refractivity contribution is 7.89. The van der Waals surface area contributed by atoms with Gasteiger partial charge in [0.25, 0.3) is 5.91 Å². The first-order valence-corrected chi connectivity index (χ1v) is 9.19. The fourth-order valence-corrected chi connectivity index (χ4v) is 4.22. The predicted molar refractivity (Wildman–Crippen MR) is 88.0 cm³/mol. The van der Waals surface area contributed by atoms with Gasteiger partial charge >= 0.3 is 5.97 Å². The quantitative estimate of drug-likeness (QED) is 0.717. The topological polar surface area (TPSA) is 131 Å². The van der Waals surface area contributed by atoms with E-state index in [1.807, 2.05) is 0 Å². The van der Waals surface area contributed by atoms with Crippen molar-refractivity contribution in [3.05, 3.63) is 29.8 Å². The number of carbonyl (C=O) groups excluding carboxylic acids is 1. The third-order valence-electron chi connectivity index (χ3n) is 4.22. The largest absolute Gasteiger partial charge is 0.478 e. The van der Waals surface area contributed by atoms with Crippen molar-refractivity contribution >= 4 is 21.9 Å². The molecule has 1 N–H and O–H groups in total. The number of carboxylic acids is 1. The number of aromatic carboxylic acids is 1. The highest BCUT2D eigenvalue weighted by atomic mass is 32.2. The maximum Gasteiger partial charge on any atom is 0.339 e. The highest BCUT2D eigenvalue weighted by Gasteiger charge is 2.33. The molecular weight excluding hydrogens is 364 g/mol. The minimum Gasteiger partial charge on any atom is -0.478 e. The van der Waals surface area contributed by atoms with Crippen molar-refractivity contribution in [2.75, 3.05) is 26.2 Å². The van der Waals surface area contributed by atoms with E-state index in [0.717, 1.165) is 6.20 Å². The minimum atomic E-state index is -3.67. The molecule has 2 aromatic heterocycles. The van der Waals surface area contributed by atoms with Gasteiger partial charge in [0.15, 0.2) is 0 Å². The van der Waals surface area contributed by atoms with Gasteiger partial charge in [-0.25, -0.2) is 13.2 Å². The monoisotopic (exact) mass is 382 g/mol. The van der Waals surface area contributed by atoms with Gasteiger partial charge in [-0.3, -0.25) is 14.2 Å². The third-order valence-corrected chi connectivity index (χ3v) is 6.07. The lowest BCUT2D eigenvalue weighted by Gasteiger charge is -2.33. The van der Waals surface area contributed by atoms with E-state index >= 15 is 0 Å². The van der Waals surface area contributed by atoms with E-state index in [2.05, 4.69) is 10.2 Å². The van der Waals surface area contributed by atoms with E-state index in [1.165, 1.54) is 38.0 Å². The van der Waals surface area contributed by atoms with Crippen LogP contribution >= 0.6 is 0 Å². The second kappa shape index (κ2) is 6.53. The van der Waals surface area contributed by atoms with Gasteiger partial charge in [0.05, 0.1) is 12.4 Å². The maximum absolute atomic E-state index is 12.7. The molecule has 0 unspecified atom stereocenters. The van der Waals surface area contributed by atoms with E-state index < -0.39 is 21.9 Å². The average Bonchev–Trinajstić information content (AvgIpc) is 3.20. The standard InChI is InChI=1S/C14H18N6O5S/c1-17-9-10(7-15-17)26(24,25)20-5-3-19(4-6-20)13(21)12-11(14(22)23)8-16-18(12)2/h7-9H,3-6H2,1-2H3,(H,22,23). The van der Waals surface area contributed by atoms with Gasteiger partial charge in [-0.1, -0.05) is 0 Å². The molecule has 140 valence electrons. The summed E-state index contributed by atoms with van der Waals surface area (Å²) in [4.78, 5) is 25.4. The zero-order valence-corrected chi connectivity index (χ0v) is 15.0. The lowest BCUT2D eigenvalue weighted by atomic mass is 10.2. The molecule has 0 aliphatic carbocycles. The van der Waals surface area contributed by atoms with Crippen LogP contribution in [-0.2, 0) is 24.1 Å². The van der Waals surface area contributed by atoms with Crippen molar-refractivity contribution in [3.63, 3.8) is 0 Å². The normalized spacial score (nSPS) is 16.0. The minimum absolute atomic E-state index is 0.0268. The summed E-state index contributed by atoms with van der Waals surface area (Å²) in [6, 6.07) is 0. The molecule has 12 heteroatoms. The zero-order valence-electron chi connectivity index (χ0n) is 14.2. The van der Waals surface area contributed by atoms with Gasteiger partial charge in [0.1, 0.15) is 16.2 Å². The number of aryl methyl sites for hydroxylation is 2. The Balaban J connectivity index is 1.74. The summed E-state index contributed by atoms with van der Waals surface area (Å²) >= 11 is 0. The van der Waals surface area contributed by atoms with Crippen molar-refractivity contribution in [1.29, 1.82) is 0 Å². The second-order valence-electron chi connectivity index (χ2n) is 5.88. The Labute approximate surface area is 149 Å². The van der Waals surface area contributed by atoms with Crippen LogP contribution in [0.5, 0.6) is 0 Å². The Morgan fingerprint density at radius 1 is 1.08 bits per heavy atom. The van der Waals surface area contributed by atoms with Crippen LogP contribution in [0, 0.1) is 0 Å². The lowest BCUT2D eigenvalue weighted by Crippen LogP contribution is -2.50. The van der Waals surface area contributed by atoms with E-state index in [9.17, 15) is 23.1 Å². The lowest BCUT2D eigenvalue weighted by molar-refractivity contribution is 0.0649. The zero-order chi connectivity index (χ0) is 19.1. The molecule has 0 aromatic carbocycles. The third kappa shape index (κ3) is 3.08. The molecule has 2 aromatic rings. The first-order valence-electron chi connectivity index (χ1n) is 7.75. The first kappa shape index (κ1) is 18.1. The number of carbonyl (C=O) groups is 2. The molecule has 11 nitrogen and oxygen atoms in total. The predicted octanol–water partition coefficient (Wildman–Crippen LogP) is -1.00. The number of carboxylic acid groups (broad SMARTS) is 1. The summed E-state index contributed by atoms with van der Waals surface area (Å²) in [5.74, 6) is -1.72. The molecule has 1 saturated heterocycles. The molecule has 1 fully saturated rings. The average molecular weight is 382 g/mol. The van der Waals surface area contributed by atoms with Crippen LogP contribution in [0.3, 0.4) is 0 Å².